The van der Waals surface area contributed by atoms with Crippen LogP contribution in [0.5, 0.6) is 0 Å². The molecule has 1 rings (SSSR count). The average Bonchev–Trinajstić information content (AvgIpc) is 2.52. The van der Waals surface area contributed by atoms with Crippen molar-refractivity contribution in [2.24, 2.45) is 11.7 Å². The summed E-state index contributed by atoms with van der Waals surface area (Å²) in [4.78, 5) is 21.8. The first kappa shape index (κ1) is 11.0. The van der Waals surface area contributed by atoms with E-state index in [4.69, 9.17) is 10.8 Å². The van der Waals surface area contributed by atoms with Gasteiger partial charge in [0.05, 0.1) is 12.0 Å². The molecule has 0 aromatic heterocycles. The maximum atomic E-state index is 11.2. The second-order valence-electron chi connectivity index (χ2n) is 3.84. The third kappa shape index (κ3) is 2.70. The Labute approximate surface area is 82.7 Å². The standard InChI is InChI=1S/C9H16N2O3/c1-5(10)8(12)11-7-3-2-6(4-7)9(13)14/h5-7H,2-4,10H2,1H3,(H,11,12)(H,13,14)/t5?,6-,7+/m1/s1. The van der Waals surface area contributed by atoms with Gasteiger partial charge in [0.15, 0.2) is 0 Å². The molecule has 1 fully saturated rings. The van der Waals surface area contributed by atoms with Crippen LogP contribution in [-0.2, 0) is 9.59 Å². The van der Waals surface area contributed by atoms with Gasteiger partial charge in [-0.15, -0.1) is 0 Å². The van der Waals surface area contributed by atoms with Crippen LogP contribution in [0.2, 0.25) is 0 Å². The topological polar surface area (TPSA) is 92.4 Å². The van der Waals surface area contributed by atoms with Crippen LogP contribution in [0.3, 0.4) is 0 Å². The van der Waals surface area contributed by atoms with Crippen molar-refractivity contribution < 1.29 is 14.7 Å². The Bertz CT molecular complexity index is 240. The zero-order valence-electron chi connectivity index (χ0n) is 8.19. The minimum absolute atomic E-state index is 0.0189. The molecule has 0 aromatic rings. The van der Waals surface area contributed by atoms with Crippen LogP contribution in [0.15, 0.2) is 0 Å². The van der Waals surface area contributed by atoms with E-state index in [1.807, 2.05) is 0 Å². The van der Waals surface area contributed by atoms with E-state index in [1.54, 1.807) is 6.92 Å². The van der Waals surface area contributed by atoms with E-state index in [9.17, 15) is 9.59 Å². The van der Waals surface area contributed by atoms with Crippen molar-refractivity contribution in [2.75, 3.05) is 0 Å². The van der Waals surface area contributed by atoms with Crippen LogP contribution < -0.4 is 11.1 Å². The van der Waals surface area contributed by atoms with E-state index in [0.29, 0.717) is 12.8 Å². The highest BCUT2D eigenvalue weighted by Crippen LogP contribution is 2.25. The smallest absolute Gasteiger partial charge is 0.306 e. The van der Waals surface area contributed by atoms with Gasteiger partial charge in [0.25, 0.3) is 0 Å². The fraction of sp³-hybridized carbons (Fsp3) is 0.778. The Morgan fingerprint density at radius 1 is 1.50 bits per heavy atom. The second kappa shape index (κ2) is 4.41. The summed E-state index contributed by atoms with van der Waals surface area (Å²) in [5, 5.41) is 11.5. The second-order valence-corrected chi connectivity index (χ2v) is 3.84. The number of nitrogens with two attached hydrogens (primary N) is 1. The number of carboxylic acid groups (broad SMARTS) is 1. The lowest BCUT2D eigenvalue weighted by Gasteiger charge is -2.13. The Morgan fingerprint density at radius 3 is 2.57 bits per heavy atom. The highest BCUT2D eigenvalue weighted by Gasteiger charge is 2.30. The first-order valence-electron chi connectivity index (χ1n) is 4.79. The van der Waals surface area contributed by atoms with E-state index in [1.165, 1.54) is 0 Å². The molecule has 5 heteroatoms. The Morgan fingerprint density at radius 2 is 2.14 bits per heavy atom. The SMILES string of the molecule is CC(N)C(=O)N[C@H]1CC[C@@H](C(=O)O)C1. The molecule has 0 bridgehead atoms. The quantitative estimate of drug-likeness (QED) is 0.583. The number of amides is 1. The lowest BCUT2D eigenvalue weighted by molar-refractivity contribution is -0.141. The number of aliphatic carboxylic acids is 1. The van der Waals surface area contributed by atoms with Crippen LogP contribution in [-0.4, -0.2) is 29.1 Å². The molecule has 1 unspecified atom stereocenters. The van der Waals surface area contributed by atoms with E-state index in [-0.39, 0.29) is 17.9 Å². The van der Waals surface area contributed by atoms with Gasteiger partial charge in [-0.3, -0.25) is 9.59 Å². The number of carbonyl (C=O) groups is 2. The van der Waals surface area contributed by atoms with Gasteiger partial charge >= 0.3 is 5.97 Å². The molecule has 0 aliphatic heterocycles. The summed E-state index contributed by atoms with van der Waals surface area (Å²) in [7, 11) is 0. The fourth-order valence-electron chi connectivity index (χ4n) is 1.67. The van der Waals surface area contributed by atoms with Crippen LogP contribution in [0.4, 0.5) is 0 Å². The van der Waals surface area contributed by atoms with E-state index in [0.717, 1.165) is 6.42 Å². The van der Waals surface area contributed by atoms with Gasteiger partial charge < -0.3 is 16.2 Å². The first-order valence-corrected chi connectivity index (χ1v) is 4.79. The van der Waals surface area contributed by atoms with Gasteiger partial charge in [-0.25, -0.2) is 0 Å². The van der Waals surface area contributed by atoms with Gasteiger partial charge in [0.1, 0.15) is 0 Å². The highest BCUT2D eigenvalue weighted by atomic mass is 16.4. The molecule has 0 spiro atoms. The summed E-state index contributed by atoms with van der Waals surface area (Å²) >= 11 is 0. The zero-order chi connectivity index (χ0) is 10.7. The van der Waals surface area contributed by atoms with Crippen molar-refractivity contribution in [3.63, 3.8) is 0 Å². The Hall–Kier alpha value is -1.10. The van der Waals surface area contributed by atoms with E-state index < -0.39 is 12.0 Å². The predicted octanol–water partition coefficient (Wildman–Crippen LogP) is -0.297. The first-order chi connectivity index (χ1) is 6.50. The summed E-state index contributed by atoms with van der Waals surface area (Å²) in [6.07, 6.45) is 1.89. The van der Waals surface area contributed by atoms with Gasteiger partial charge in [-0.1, -0.05) is 0 Å². The lowest BCUT2D eigenvalue weighted by Crippen LogP contribution is -2.43. The van der Waals surface area contributed by atoms with Crippen molar-refractivity contribution in [3.8, 4) is 0 Å². The zero-order valence-corrected chi connectivity index (χ0v) is 8.19. The average molecular weight is 200 g/mol. The maximum absolute atomic E-state index is 11.2. The Balaban J connectivity index is 2.36. The van der Waals surface area contributed by atoms with Gasteiger partial charge in [-0.2, -0.15) is 0 Å². The molecule has 14 heavy (non-hydrogen) atoms. The monoisotopic (exact) mass is 200 g/mol. The normalized spacial score (nSPS) is 28.4. The van der Waals surface area contributed by atoms with Crippen LogP contribution in [0, 0.1) is 5.92 Å². The molecule has 80 valence electrons. The van der Waals surface area contributed by atoms with Crippen LogP contribution >= 0.6 is 0 Å². The summed E-state index contributed by atoms with van der Waals surface area (Å²) < 4.78 is 0. The number of hydrogen-bond donors (Lipinski definition) is 3. The molecule has 0 heterocycles. The minimum Gasteiger partial charge on any atom is -0.481 e. The van der Waals surface area contributed by atoms with Gasteiger partial charge in [0, 0.05) is 6.04 Å². The van der Waals surface area contributed by atoms with E-state index >= 15 is 0 Å². The number of carboxylic acids is 1. The molecule has 3 atom stereocenters. The van der Waals surface area contributed by atoms with Crippen LogP contribution in [0.1, 0.15) is 26.2 Å². The maximum Gasteiger partial charge on any atom is 0.306 e. The molecular formula is C9H16N2O3. The Kier molecular flexibility index (Phi) is 3.46. The molecule has 1 amide bonds. The summed E-state index contributed by atoms with van der Waals surface area (Å²) in [5.41, 5.74) is 5.38. The molecular weight excluding hydrogens is 184 g/mol. The largest absolute Gasteiger partial charge is 0.481 e. The highest BCUT2D eigenvalue weighted by molar-refractivity contribution is 5.81. The summed E-state index contributed by atoms with van der Waals surface area (Å²) in [5.74, 6) is -1.29. The van der Waals surface area contributed by atoms with Crippen molar-refractivity contribution in [1.82, 2.24) is 5.32 Å². The van der Waals surface area contributed by atoms with Crippen molar-refractivity contribution >= 4 is 11.9 Å². The molecule has 0 aromatic carbocycles. The third-order valence-corrected chi connectivity index (χ3v) is 2.54. The molecule has 0 radical (unpaired) electrons. The summed E-state index contributed by atoms with van der Waals surface area (Å²) in [6, 6.07) is -0.548. The molecule has 4 N–H and O–H groups in total. The van der Waals surface area contributed by atoms with E-state index in [2.05, 4.69) is 5.32 Å². The minimum atomic E-state index is -0.775. The molecule has 1 aliphatic rings. The number of carbonyl (C=O) groups excluding carboxylic acids is 1. The fourth-order valence-corrected chi connectivity index (χ4v) is 1.67. The van der Waals surface area contributed by atoms with Gasteiger partial charge in [-0.05, 0) is 26.2 Å². The molecule has 0 saturated heterocycles. The third-order valence-electron chi connectivity index (χ3n) is 2.54. The van der Waals surface area contributed by atoms with Gasteiger partial charge in [0.2, 0.25) is 5.91 Å². The number of rotatable bonds is 3. The number of hydrogen-bond acceptors (Lipinski definition) is 3. The van der Waals surface area contributed by atoms with Crippen molar-refractivity contribution in [1.29, 1.82) is 0 Å². The molecule has 1 saturated carbocycles. The summed E-state index contributed by atoms with van der Waals surface area (Å²) in [6.45, 7) is 1.61. The van der Waals surface area contributed by atoms with Crippen LogP contribution in [0.25, 0.3) is 0 Å². The lowest BCUT2D eigenvalue weighted by atomic mass is 10.1. The molecule has 5 nitrogen and oxygen atoms in total. The number of nitrogens with one attached hydrogen (secondary N) is 1. The van der Waals surface area contributed by atoms with Crippen molar-refractivity contribution in [3.05, 3.63) is 0 Å². The predicted molar refractivity (Wildman–Crippen MR) is 50.6 cm³/mol. The van der Waals surface area contributed by atoms with Crippen molar-refractivity contribution in [2.45, 2.75) is 38.3 Å². The molecule has 1 aliphatic carbocycles.